The molecule has 1 amide bonds. The second-order valence-corrected chi connectivity index (χ2v) is 11.7. The van der Waals surface area contributed by atoms with Crippen LogP contribution in [0.2, 0.25) is 5.02 Å². The first-order chi connectivity index (χ1) is 19.9. The van der Waals surface area contributed by atoms with Gasteiger partial charge in [-0.05, 0) is 81.7 Å². The van der Waals surface area contributed by atoms with E-state index in [-0.39, 0.29) is 23.7 Å². The zero-order chi connectivity index (χ0) is 28.5. The quantitative estimate of drug-likeness (QED) is 0.351. The van der Waals surface area contributed by atoms with Crippen LogP contribution in [0.1, 0.15) is 54.6 Å². The summed E-state index contributed by atoms with van der Waals surface area (Å²) in [5, 5.41) is 13.4. The fourth-order valence-electron chi connectivity index (χ4n) is 6.17. The number of halogens is 1. The lowest BCUT2D eigenvalue weighted by molar-refractivity contribution is 0.0919. The summed E-state index contributed by atoms with van der Waals surface area (Å²) in [6.07, 6.45) is 8.11. The average Bonchev–Trinajstić information content (AvgIpc) is 3.26. The Morgan fingerprint density at radius 1 is 1.00 bits per heavy atom. The topological polar surface area (TPSA) is 105 Å². The molecular weight excluding hydrogens is 540 g/mol. The molecule has 4 aromatic rings. The normalized spacial score (nSPS) is 19.9. The third-order valence-electron chi connectivity index (χ3n) is 8.54. The van der Waals surface area contributed by atoms with E-state index in [1.807, 2.05) is 47.9 Å². The molecule has 1 saturated heterocycles. The van der Waals surface area contributed by atoms with Gasteiger partial charge in [0.05, 0.1) is 45.3 Å². The number of carbonyl (C=O) groups excluding carboxylic acids is 1. The van der Waals surface area contributed by atoms with Crippen molar-refractivity contribution in [2.24, 2.45) is 5.92 Å². The average molecular weight is 575 g/mol. The number of piperidine rings is 1. The van der Waals surface area contributed by atoms with Crippen molar-refractivity contribution in [3.63, 3.8) is 0 Å². The molecule has 1 aliphatic carbocycles. The number of nitrogens with zero attached hydrogens (tertiary/aromatic N) is 5. The SMILES string of the molecule is Cc1ncc(Cl)cc1C(=O)N[C@H]1CC[C@H](Cn2c(=O)n(-c3ccc(N4CCC(O)CC4)nc3)c3ccccc32)CC1. The number of aliphatic hydroxyl groups is 1. The Balaban J connectivity index is 1.15. The number of amides is 1. The lowest BCUT2D eigenvalue weighted by Crippen LogP contribution is -2.39. The Labute approximate surface area is 243 Å². The van der Waals surface area contributed by atoms with Crippen molar-refractivity contribution in [1.82, 2.24) is 24.4 Å². The standard InChI is InChI=1S/C31H35ClN6O3/c1-20-26(16-22(32)17-33-20)30(40)35-23-8-6-21(7-9-23)19-37-27-4-2-3-5-28(27)38(31(37)41)24-10-11-29(34-18-24)36-14-12-25(39)13-15-36/h2-5,10-11,16-18,21,23,25,39H,6-9,12-15,19H2,1H3,(H,35,40)/t21-,23-. The summed E-state index contributed by atoms with van der Waals surface area (Å²) in [5.41, 5.74) is 3.61. The first-order valence-corrected chi connectivity index (χ1v) is 14.8. The van der Waals surface area contributed by atoms with Crippen LogP contribution in [0, 0.1) is 12.8 Å². The van der Waals surface area contributed by atoms with Gasteiger partial charge in [-0.1, -0.05) is 23.7 Å². The Morgan fingerprint density at radius 3 is 2.44 bits per heavy atom. The maximum Gasteiger partial charge on any atom is 0.333 e. The summed E-state index contributed by atoms with van der Waals surface area (Å²) in [4.78, 5) is 37.7. The van der Waals surface area contributed by atoms with Gasteiger partial charge < -0.3 is 15.3 Å². The van der Waals surface area contributed by atoms with Crippen LogP contribution in [0.3, 0.4) is 0 Å². The highest BCUT2D eigenvalue weighted by Crippen LogP contribution is 2.28. The summed E-state index contributed by atoms with van der Waals surface area (Å²) in [6, 6.07) is 13.6. The highest BCUT2D eigenvalue weighted by Gasteiger charge is 2.26. The minimum absolute atomic E-state index is 0.0683. The molecule has 3 aromatic heterocycles. The molecule has 1 aromatic carbocycles. The van der Waals surface area contributed by atoms with Gasteiger partial charge >= 0.3 is 5.69 Å². The number of hydrogen-bond donors (Lipinski definition) is 2. The number of benzene rings is 1. The molecule has 1 aliphatic heterocycles. The van der Waals surface area contributed by atoms with Gasteiger partial charge in [-0.15, -0.1) is 0 Å². The summed E-state index contributed by atoms with van der Waals surface area (Å²) in [7, 11) is 0. The van der Waals surface area contributed by atoms with Gasteiger partial charge in [0.2, 0.25) is 0 Å². The maximum atomic E-state index is 13.8. The molecule has 0 atom stereocenters. The fraction of sp³-hybridized carbons (Fsp3) is 0.419. The molecule has 0 spiro atoms. The minimum atomic E-state index is -0.236. The van der Waals surface area contributed by atoms with Gasteiger partial charge in [-0.2, -0.15) is 0 Å². The van der Waals surface area contributed by atoms with Crippen molar-refractivity contribution >= 4 is 34.4 Å². The number of fused-ring (bicyclic) bond motifs is 1. The van der Waals surface area contributed by atoms with E-state index in [0.717, 1.165) is 74.2 Å². The van der Waals surface area contributed by atoms with Crippen LogP contribution in [0.25, 0.3) is 16.7 Å². The Morgan fingerprint density at radius 2 is 1.73 bits per heavy atom. The molecule has 2 aliphatic rings. The predicted octanol–water partition coefficient (Wildman–Crippen LogP) is 4.49. The van der Waals surface area contributed by atoms with Gasteiger partial charge in [0.25, 0.3) is 5.91 Å². The van der Waals surface area contributed by atoms with E-state index in [4.69, 9.17) is 11.6 Å². The lowest BCUT2D eigenvalue weighted by Gasteiger charge is -2.30. The molecule has 2 fully saturated rings. The summed E-state index contributed by atoms with van der Waals surface area (Å²) in [6.45, 7) is 3.99. The van der Waals surface area contributed by atoms with Crippen molar-refractivity contribution in [3.8, 4) is 5.69 Å². The zero-order valence-corrected chi connectivity index (χ0v) is 23.9. The van der Waals surface area contributed by atoms with Crippen molar-refractivity contribution in [1.29, 1.82) is 0 Å². The van der Waals surface area contributed by atoms with E-state index >= 15 is 0 Å². The predicted molar refractivity (Wildman–Crippen MR) is 160 cm³/mol. The van der Waals surface area contributed by atoms with Crippen molar-refractivity contribution < 1.29 is 9.90 Å². The second kappa shape index (κ2) is 11.7. The number of aliphatic hydroxyl groups excluding tert-OH is 1. The third-order valence-corrected chi connectivity index (χ3v) is 8.74. The van der Waals surface area contributed by atoms with Crippen molar-refractivity contribution in [3.05, 3.63) is 81.6 Å². The van der Waals surface area contributed by atoms with Crippen molar-refractivity contribution in [2.75, 3.05) is 18.0 Å². The summed E-state index contributed by atoms with van der Waals surface area (Å²) in [5.74, 6) is 1.06. The van der Waals surface area contributed by atoms with Gasteiger partial charge in [0.1, 0.15) is 5.82 Å². The van der Waals surface area contributed by atoms with Crippen LogP contribution < -0.4 is 15.9 Å². The Bertz CT molecular complexity index is 1600. The molecule has 0 unspecified atom stereocenters. The number of nitrogens with one attached hydrogen (secondary N) is 1. The molecule has 6 rings (SSSR count). The van der Waals surface area contributed by atoms with E-state index in [0.29, 0.717) is 28.7 Å². The van der Waals surface area contributed by atoms with Gasteiger partial charge in [-0.3, -0.25) is 18.9 Å². The highest BCUT2D eigenvalue weighted by atomic mass is 35.5. The second-order valence-electron chi connectivity index (χ2n) is 11.3. The number of rotatable bonds is 6. The van der Waals surface area contributed by atoms with Crippen LogP contribution in [-0.2, 0) is 6.54 Å². The molecule has 41 heavy (non-hydrogen) atoms. The monoisotopic (exact) mass is 574 g/mol. The van der Waals surface area contributed by atoms with E-state index in [1.54, 1.807) is 23.0 Å². The first kappa shape index (κ1) is 27.5. The maximum absolute atomic E-state index is 13.8. The number of pyridine rings is 2. The highest BCUT2D eigenvalue weighted by molar-refractivity contribution is 6.30. The van der Waals surface area contributed by atoms with Gasteiger partial charge in [0, 0.05) is 31.9 Å². The molecule has 0 bridgehead atoms. The number of hydrogen-bond acceptors (Lipinski definition) is 6. The minimum Gasteiger partial charge on any atom is -0.393 e. The molecule has 214 valence electrons. The van der Waals surface area contributed by atoms with Gasteiger partial charge in [-0.25, -0.2) is 9.78 Å². The summed E-state index contributed by atoms with van der Waals surface area (Å²) >= 11 is 6.05. The van der Waals surface area contributed by atoms with Gasteiger partial charge in [0.15, 0.2) is 0 Å². The number of imidazole rings is 1. The van der Waals surface area contributed by atoms with E-state index in [1.165, 1.54) is 0 Å². The number of aromatic nitrogens is 4. The number of carbonyl (C=O) groups is 1. The van der Waals surface area contributed by atoms with Crippen LogP contribution in [0.5, 0.6) is 0 Å². The molecule has 9 nitrogen and oxygen atoms in total. The molecule has 4 heterocycles. The molecule has 1 saturated carbocycles. The molecule has 10 heteroatoms. The molecule has 2 N–H and O–H groups in total. The fourth-order valence-corrected chi connectivity index (χ4v) is 6.33. The van der Waals surface area contributed by atoms with Crippen LogP contribution in [0.15, 0.2) is 59.7 Å². The summed E-state index contributed by atoms with van der Waals surface area (Å²) < 4.78 is 3.64. The van der Waals surface area contributed by atoms with Crippen LogP contribution >= 0.6 is 11.6 Å². The molecule has 0 radical (unpaired) electrons. The number of para-hydroxylation sites is 2. The van der Waals surface area contributed by atoms with E-state index in [9.17, 15) is 14.7 Å². The van der Waals surface area contributed by atoms with Crippen molar-refractivity contribution in [2.45, 2.75) is 64.1 Å². The Kier molecular flexibility index (Phi) is 7.81. The van der Waals surface area contributed by atoms with E-state index in [2.05, 4.69) is 20.2 Å². The third kappa shape index (κ3) is 5.74. The zero-order valence-electron chi connectivity index (χ0n) is 23.2. The smallest absolute Gasteiger partial charge is 0.333 e. The number of anilines is 1. The van der Waals surface area contributed by atoms with E-state index < -0.39 is 0 Å². The van der Waals surface area contributed by atoms with Crippen LogP contribution in [-0.4, -0.2) is 55.4 Å². The molecular formula is C31H35ClN6O3. The Hall–Kier alpha value is -3.69. The van der Waals surface area contributed by atoms with Crippen LogP contribution in [0.4, 0.5) is 5.82 Å². The largest absolute Gasteiger partial charge is 0.393 e. The number of aryl methyl sites for hydroxylation is 1. The first-order valence-electron chi connectivity index (χ1n) is 14.4. The lowest BCUT2D eigenvalue weighted by atomic mass is 9.85.